The van der Waals surface area contributed by atoms with E-state index in [2.05, 4.69) is 48.7 Å². The quantitative estimate of drug-likeness (QED) is 0.741. The van der Waals surface area contributed by atoms with Gasteiger partial charge in [0.25, 0.3) is 5.91 Å². The zero-order valence-corrected chi connectivity index (χ0v) is 15.0. The fourth-order valence-corrected chi connectivity index (χ4v) is 3.17. The van der Waals surface area contributed by atoms with Gasteiger partial charge >= 0.3 is 6.03 Å². The number of likely N-dealkylation sites (N-methyl/N-ethyl adjacent to an activating group) is 1. The Morgan fingerprint density at radius 3 is 2.38 bits per heavy atom. The lowest BCUT2D eigenvalue weighted by Gasteiger charge is -2.15. The molecule has 1 aliphatic rings. The Morgan fingerprint density at radius 2 is 1.79 bits per heavy atom. The zero-order valence-electron chi connectivity index (χ0n) is 15.0. The van der Waals surface area contributed by atoms with E-state index in [4.69, 9.17) is 0 Å². The maximum atomic E-state index is 12.0. The van der Waals surface area contributed by atoms with Gasteiger partial charge in [0, 0.05) is 11.6 Å². The summed E-state index contributed by atoms with van der Waals surface area (Å²) in [4.78, 5) is 24.8. The molecule has 1 fully saturated rings. The molecule has 0 saturated heterocycles. The molecule has 5 nitrogen and oxygen atoms in total. The molecule has 0 spiro atoms. The van der Waals surface area contributed by atoms with E-state index in [1.807, 2.05) is 7.05 Å². The molecule has 24 heavy (non-hydrogen) atoms. The second-order valence-electron chi connectivity index (χ2n) is 7.21. The van der Waals surface area contributed by atoms with Crippen molar-refractivity contribution in [1.82, 2.24) is 10.6 Å². The van der Waals surface area contributed by atoms with Crippen molar-refractivity contribution in [2.45, 2.75) is 58.0 Å². The summed E-state index contributed by atoms with van der Waals surface area (Å²) in [6.45, 7) is 5.39. The molecular formula is C19H30N3O2+. The number of amides is 3. The van der Waals surface area contributed by atoms with Gasteiger partial charge in [0.1, 0.15) is 6.54 Å². The Hall–Kier alpha value is -1.88. The summed E-state index contributed by atoms with van der Waals surface area (Å²) in [5, 5.41) is 5.31. The maximum absolute atomic E-state index is 12.0. The molecule has 5 heteroatoms. The minimum absolute atomic E-state index is 0.224. The number of imide groups is 1. The molecule has 0 heterocycles. The van der Waals surface area contributed by atoms with Crippen molar-refractivity contribution in [2.24, 2.45) is 0 Å². The van der Waals surface area contributed by atoms with Crippen molar-refractivity contribution in [2.75, 3.05) is 13.6 Å². The monoisotopic (exact) mass is 332 g/mol. The highest BCUT2D eigenvalue weighted by atomic mass is 16.2. The first-order chi connectivity index (χ1) is 11.4. The third kappa shape index (κ3) is 5.96. The molecule has 1 unspecified atom stereocenters. The molecular weight excluding hydrogens is 302 g/mol. The number of benzene rings is 1. The molecule has 3 amide bonds. The van der Waals surface area contributed by atoms with Crippen molar-refractivity contribution in [3.8, 4) is 0 Å². The summed E-state index contributed by atoms with van der Waals surface area (Å²) in [5.74, 6) is 0.287. The second kappa shape index (κ2) is 8.83. The van der Waals surface area contributed by atoms with Crippen molar-refractivity contribution in [3.63, 3.8) is 0 Å². The van der Waals surface area contributed by atoms with Crippen LogP contribution in [0.3, 0.4) is 0 Å². The van der Waals surface area contributed by atoms with Crippen molar-refractivity contribution < 1.29 is 14.5 Å². The van der Waals surface area contributed by atoms with E-state index in [-0.39, 0.29) is 24.5 Å². The number of hydrogen-bond donors (Lipinski definition) is 3. The fraction of sp³-hybridized carbons (Fsp3) is 0.579. The smallest absolute Gasteiger partial charge is 0.321 e. The third-order valence-electron chi connectivity index (χ3n) is 4.56. The molecule has 0 radical (unpaired) electrons. The van der Waals surface area contributed by atoms with Crippen molar-refractivity contribution >= 4 is 11.9 Å². The molecule has 1 aliphatic carbocycles. The number of hydrogen-bond acceptors (Lipinski definition) is 2. The SMILES string of the molecule is CC(C)c1ccc(C[NH+](C)CC(=O)NC(=O)NC2CCCC2)cc1. The largest absolute Gasteiger partial charge is 0.335 e. The van der Waals surface area contributed by atoms with Crippen LogP contribution in [0.5, 0.6) is 0 Å². The third-order valence-corrected chi connectivity index (χ3v) is 4.56. The number of quaternary nitrogens is 1. The van der Waals surface area contributed by atoms with Crippen LogP contribution >= 0.6 is 0 Å². The minimum Gasteiger partial charge on any atom is -0.335 e. The van der Waals surface area contributed by atoms with Crippen LogP contribution in [0.4, 0.5) is 4.79 Å². The topological polar surface area (TPSA) is 62.6 Å². The summed E-state index contributed by atoms with van der Waals surface area (Å²) < 4.78 is 0. The Bertz CT molecular complexity index is 548. The standard InChI is InChI=1S/C19H29N3O2/c1-14(2)16-10-8-15(9-11-16)12-22(3)13-18(23)21-19(24)20-17-6-4-5-7-17/h8-11,14,17H,4-7,12-13H2,1-3H3,(H2,20,21,23,24)/p+1. The molecule has 0 bridgehead atoms. The van der Waals surface area contributed by atoms with Gasteiger partial charge in [0.15, 0.2) is 6.54 Å². The molecule has 132 valence electrons. The summed E-state index contributed by atoms with van der Waals surface area (Å²) >= 11 is 0. The highest BCUT2D eigenvalue weighted by Crippen LogP contribution is 2.17. The number of nitrogens with one attached hydrogen (secondary N) is 3. The fourth-order valence-electron chi connectivity index (χ4n) is 3.17. The van der Waals surface area contributed by atoms with Crippen LogP contribution in [0.15, 0.2) is 24.3 Å². The number of urea groups is 1. The molecule has 3 N–H and O–H groups in total. The van der Waals surface area contributed by atoms with E-state index < -0.39 is 0 Å². The van der Waals surface area contributed by atoms with Crippen molar-refractivity contribution in [3.05, 3.63) is 35.4 Å². The predicted molar refractivity (Wildman–Crippen MR) is 94.9 cm³/mol. The van der Waals surface area contributed by atoms with Gasteiger partial charge in [0.2, 0.25) is 0 Å². The summed E-state index contributed by atoms with van der Waals surface area (Å²) in [7, 11) is 1.96. The minimum atomic E-state index is -0.360. The normalized spacial score (nSPS) is 16.2. The molecule has 1 aromatic carbocycles. The maximum Gasteiger partial charge on any atom is 0.321 e. The van der Waals surface area contributed by atoms with Gasteiger partial charge in [-0.15, -0.1) is 0 Å². The average Bonchev–Trinajstić information content (AvgIpc) is 2.99. The second-order valence-corrected chi connectivity index (χ2v) is 7.21. The van der Waals surface area contributed by atoms with Crippen molar-refractivity contribution in [1.29, 1.82) is 0 Å². The Morgan fingerprint density at radius 1 is 1.17 bits per heavy atom. The number of carbonyl (C=O) groups is 2. The van der Waals surface area contributed by atoms with E-state index in [0.29, 0.717) is 5.92 Å². The van der Waals surface area contributed by atoms with Gasteiger partial charge in [-0.1, -0.05) is 51.0 Å². The summed E-state index contributed by atoms with van der Waals surface area (Å²) in [6, 6.07) is 8.38. The van der Waals surface area contributed by atoms with Crippen LogP contribution in [0.2, 0.25) is 0 Å². The molecule has 2 rings (SSSR count). The Balaban J connectivity index is 1.73. The van der Waals surface area contributed by atoms with Gasteiger partial charge in [0.05, 0.1) is 7.05 Å². The summed E-state index contributed by atoms with van der Waals surface area (Å²) in [5.41, 5.74) is 2.51. The van der Waals surface area contributed by atoms with E-state index in [0.717, 1.165) is 37.1 Å². The van der Waals surface area contributed by atoms with Crippen LogP contribution in [0.25, 0.3) is 0 Å². The first-order valence-electron chi connectivity index (χ1n) is 8.94. The molecule has 1 atom stereocenters. The number of rotatable bonds is 6. The van der Waals surface area contributed by atoms with E-state index in [9.17, 15) is 9.59 Å². The van der Waals surface area contributed by atoms with Crippen LogP contribution in [0.1, 0.15) is 56.6 Å². The van der Waals surface area contributed by atoms with E-state index >= 15 is 0 Å². The summed E-state index contributed by atoms with van der Waals surface area (Å²) in [6.07, 6.45) is 4.33. The van der Waals surface area contributed by atoms with E-state index in [1.54, 1.807) is 0 Å². The Labute approximate surface area is 144 Å². The van der Waals surface area contributed by atoms with Crippen LogP contribution in [-0.2, 0) is 11.3 Å². The first kappa shape index (κ1) is 18.5. The van der Waals surface area contributed by atoms with Gasteiger partial charge in [-0.05, 0) is 24.3 Å². The molecule has 1 saturated carbocycles. The first-order valence-corrected chi connectivity index (χ1v) is 8.94. The van der Waals surface area contributed by atoms with Crippen LogP contribution < -0.4 is 15.5 Å². The number of carbonyl (C=O) groups excluding carboxylic acids is 2. The molecule has 0 aromatic heterocycles. The van der Waals surface area contributed by atoms with Gasteiger partial charge in [-0.2, -0.15) is 0 Å². The highest BCUT2D eigenvalue weighted by molar-refractivity contribution is 5.94. The lowest BCUT2D eigenvalue weighted by molar-refractivity contribution is -0.885. The van der Waals surface area contributed by atoms with Gasteiger partial charge in [-0.25, -0.2) is 4.79 Å². The average molecular weight is 332 g/mol. The van der Waals surface area contributed by atoms with Gasteiger partial charge in [-0.3, -0.25) is 10.1 Å². The molecule has 1 aromatic rings. The lowest BCUT2D eigenvalue weighted by Crippen LogP contribution is -3.09. The lowest BCUT2D eigenvalue weighted by atomic mass is 10.0. The van der Waals surface area contributed by atoms with E-state index in [1.165, 1.54) is 11.1 Å². The van der Waals surface area contributed by atoms with Gasteiger partial charge < -0.3 is 10.2 Å². The Kier molecular flexibility index (Phi) is 6.79. The highest BCUT2D eigenvalue weighted by Gasteiger charge is 2.19. The van der Waals surface area contributed by atoms with Crippen LogP contribution in [0, 0.1) is 0 Å². The zero-order chi connectivity index (χ0) is 17.5. The van der Waals surface area contributed by atoms with Crippen LogP contribution in [-0.4, -0.2) is 31.6 Å². The molecule has 0 aliphatic heterocycles. The predicted octanol–water partition coefficient (Wildman–Crippen LogP) is 1.59.